The van der Waals surface area contributed by atoms with Gasteiger partial charge in [0.1, 0.15) is 22.3 Å². The van der Waals surface area contributed by atoms with E-state index in [0.29, 0.717) is 24.8 Å². The second-order valence-electron chi connectivity index (χ2n) is 10.5. The van der Waals surface area contributed by atoms with Gasteiger partial charge in [0.15, 0.2) is 6.29 Å². The van der Waals surface area contributed by atoms with Crippen LogP contribution in [-0.4, -0.2) is 60.1 Å². The van der Waals surface area contributed by atoms with Crippen LogP contribution in [0.5, 0.6) is 5.75 Å². The van der Waals surface area contributed by atoms with Gasteiger partial charge in [-0.2, -0.15) is 0 Å². The number of ether oxygens (including phenoxy) is 1. The third kappa shape index (κ3) is 8.87. The zero-order valence-corrected chi connectivity index (χ0v) is 26.1. The molecule has 11 heteroatoms. The van der Waals surface area contributed by atoms with Crippen LogP contribution in [0.15, 0.2) is 49.1 Å². The van der Waals surface area contributed by atoms with Crippen molar-refractivity contribution in [2.75, 3.05) is 19.8 Å². The van der Waals surface area contributed by atoms with Crippen LogP contribution in [0.2, 0.25) is 0 Å². The predicted octanol–water partition coefficient (Wildman–Crippen LogP) is 4.69. The van der Waals surface area contributed by atoms with Gasteiger partial charge in [0.25, 0.3) is 5.91 Å². The normalized spacial score (nSPS) is 11.6. The number of para-hydroxylation sites is 1. The van der Waals surface area contributed by atoms with E-state index >= 15 is 0 Å². The van der Waals surface area contributed by atoms with E-state index in [-0.39, 0.29) is 29.0 Å². The summed E-state index contributed by atoms with van der Waals surface area (Å²) in [6.45, 7) is 13.0. The van der Waals surface area contributed by atoms with Crippen molar-refractivity contribution in [3.8, 4) is 5.75 Å². The highest BCUT2D eigenvalue weighted by atomic mass is 32.1. The van der Waals surface area contributed by atoms with E-state index in [9.17, 15) is 19.2 Å². The van der Waals surface area contributed by atoms with Crippen molar-refractivity contribution < 1.29 is 23.9 Å². The summed E-state index contributed by atoms with van der Waals surface area (Å²) in [5.74, 6) is 0.0350. The standard InChI is InChI=1S/C16H21N3O3.C15H20N2O2S/c1-4-5-6-14(15(21)18-2)19(3)16(22)13-9-12(17)8-7-11(13)10-20;1-9(2)19-11-7-6-8-12-13(11)16-14(20-12)15(4,5)17-10(3)18/h4,7-10,14H,1,5-6,17H2,2-3H3,(H,18,21);6-9H,1-5H3,(H,17,18). The highest BCUT2D eigenvalue weighted by molar-refractivity contribution is 7.18. The first-order valence-corrected chi connectivity index (χ1v) is 14.4. The average molecular weight is 596 g/mol. The molecule has 1 heterocycles. The molecule has 0 radical (unpaired) electrons. The van der Waals surface area contributed by atoms with Crippen LogP contribution in [-0.2, 0) is 15.1 Å². The van der Waals surface area contributed by atoms with E-state index in [1.807, 2.05) is 45.9 Å². The zero-order chi connectivity index (χ0) is 31.6. The minimum Gasteiger partial charge on any atom is -0.489 e. The van der Waals surface area contributed by atoms with Gasteiger partial charge < -0.3 is 26.0 Å². The van der Waals surface area contributed by atoms with Gasteiger partial charge in [-0.05, 0) is 70.9 Å². The summed E-state index contributed by atoms with van der Waals surface area (Å²) in [5, 5.41) is 6.34. The third-order valence-electron chi connectivity index (χ3n) is 6.18. The number of aromatic nitrogens is 1. The maximum Gasteiger partial charge on any atom is 0.255 e. The lowest BCUT2D eigenvalue weighted by Crippen LogP contribution is -2.47. The Kier molecular flexibility index (Phi) is 12.2. The number of likely N-dealkylation sites (N-methyl/N-ethyl adjacent to an activating group) is 2. The number of nitrogen functional groups attached to an aromatic ring is 1. The maximum absolute atomic E-state index is 12.6. The first-order chi connectivity index (χ1) is 19.7. The smallest absolute Gasteiger partial charge is 0.255 e. The number of amides is 3. The number of fused-ring (bicyclic) bond motifs is 1. The Balaban J connectivity index is 0.000000294. The summed E-state index contributed by atoms with van der Waals surface area (Å²) in [5.41, 5.74) is 6.87. The molecule has 1 unspecified atom stereocenters. The zero-order valence-electron chi connectivity index (χ0n) is 25.3. The summed E-state index contributed by atoms with van der Waals surface area (Å²) in [7, 11) is 3.04. The molecule has 0 aliphatic heterocycles. The molecule has 3 amide bonds. The molecule has 0 bridgehead atoms. The summed E-state index contributed by atoms with van der Waals surface area (Å²) in [4.78, 5) is 53.0. The number of nitrogens with zero attached hydrogens (tertiary/aromatic N) is 2. The molecule has 3 rings (SSSR count). The van der Waals surface area contributed by atoms with Crippen LogP contribution in [0.4, 0.5) is 5.69 Å². The number of rotatable bonds is 11. The number of carbonyl (C=O) groups excluding carboxylic acids is 4. The van der Waals surface area contributed by atoms with Crippen LogP contribution in [0.3, 0.4) is 0 Å². The number of aldehydes is 1. The number of nitrogens with one attached hydrogen (secondary N) is 2. The first kappa shape index (κ1) is 34.0. The molecule has 226 valence electrons. The Morgan fingerprint density at radius 2 is 1.90 bits per heavy atom. The van der Waals surface area contributed by atoms with Crippen molar-refractivity contribution in [3.05, 3.63) is 65.2 Å². The second kappa shape index (κ2) is 15.1. The van der Waals surface area contributed by atoms with Crippen molar-refractivity contribution in [2.24, 2.45) is 0 Å². The lowest BCUT2D eigenvalue weighted by molar-refractivity contribution is -0.125. The third-order valence-corrected chi connectivity index (χ3v) is 7.53. The fraction of sp³-hybridized carbons (Fsp3) is 0.387. The largest absolute Gasteiger partial charge is 0.489 e. The monoisotopic (exact) mass is 595 g/mol. The molecular formula is C31H41N5O5S. The maximum atomic E-state index is 12.6. The highest BCUT2D eigenvalue weighted by Gasteiger charge is 2.28. The van der Waals surface area contributed by atoms with E-state index in [0.717, 1.165) is 21.0 Å². The van der Waals surface area contributed by atoms with E-state index in [1.54, 1.807) is 23.5 Å². The summed E-state index contributed by atoms with van der Waals surface area (Å²) >= 11 is 1.58. The summed E-state index contributed by atoms with van der Waals surface area (Å²) in [6, 6.07) is 9.75. The van der Waals surface area contributed by atoms with Gasteiger partial charge in [-0.15, -0.1) is 17.9 Å². The molecule has 0 spiro atoms. The fourth-order valence-corrected chi connectivity index (χ4v) is 5.21. The lowest BCUT2D eigenvalue weighted by Gasteiger charge is -2.27. The molecule has 4 N–H and O–H groups in total. The Bertz CT molecular complexity index is 1430. The van der Waals surface area contributed by atoms with Crippen LogP contribution in [0, 0.1) is 0 Å². The van der Waals surface area contributed by atoms with Gasteiger partial charge in [0.05, 0.1) is 21.9 Å². The Morgan fingerprint density at radius 3 is 2.48 bits per heavy atom. The molecule has 10 nitrogen and oxygen atoms in total. The lowest BCUT2D eigenvalue weighted by atomic mass is 10.0. The predicted molar refractivity (Wildman–Crippen MR) is 168 cm³/mol. The molecule has 1 atom stereocenters. The number of carbonyl (C=O) groups is 4. The Morgan fingerprint density at radius 1 is 1.21 bits per heavy atom. The van der Waals surface area contributed by atoms with Gasteiger partial charge in [0.2, 0.25) is 11.8 Å². The molecule has 0 fully saturated rings. The second-order valence-corrected chi connectivity index (χ2v) is 11.5. The average Bonchev–Trinajstić information content (AvgIpc) is 3.38. The van der Waals surface area contributed by atoms with E-state index in [2.05, 4.69) is 22.2 Å². The van der Waals surface area contributed by atoms with Crippen LogP contribution < -0.4 is 21.1 Å². The molecular weight excluding hydrogens is 554 g/mol. The van der Waals surface area contributed by atoms with Crippen molar-refractivity contribution in [1.29, 1.82) is 0 Å². The molecule has 0 aliphatic rings. The number of benzene rings is 2. The topological polar surface area (TPSA) is 144 Å². The highest BCUT2D eigenvalue weighted by Crippen LogP contribution is 2.34. The van der Waals surface area contributed by atoms with Crippen LogP contribution in [0.25, 0.3) is 10.2 Å². The number of hydrogen-bond donors (Lipinski definition) is 3. The van der Waals surface area contributed by atoms with Crippen molar-refractivity contribution in [3.63, 3.8) is 0 Å². The van der Waals surface area contributed by atoms with Crippen molar-refractivity contribution in [2.45, 2.75) is 65.1 Å². The van der Waals surface area contributed by atoms with E-state index < -0.39 is 17.5 Å². The molecule has 0 saturated heterocycles. The van der Waals surface area contributed by atoms with E-state index in [4.69, 9.17) is 10.5 Å². The minimum atomic E-state index is -0.642. The summed E-state index contributed by atoms with van der Waals surface area (Å²) < 4.78 is 6.86. The number of hydrogen-bond acceptors (Lipinski definition) is 8. The molecule has 0 aliphatic carbocycles. The Labute approximate surface area is 251 Å². The molecule has 2 aromatic carbocycles. The van der Waals surface area contributed by atoms with Gasteiger partial charge in [0, 0.05) is 32.3 Å². The number of anilines is 1. The van der Waals surface area contributed by atoms with Crippen LogP contribution >= 0.6 is 11.3 Å². The number of thiazole rings is 1. The molecule has 0 saturated carbocycles. The minimum absolute atomic E-state index is 0.0621. The fourth-order valence-electron chi connectivity index (χ4n) is 4.17. The van der Waals surface area contributed by atoms with Crippen molar-refractivity contribution >= 4 is 51.2 Å². The number of nitrogens with two attached hydrogens (primary N) is 1. The first-order valence-electron chi connectivity index (χ1n) is 13.5. The van der Waals surface area contributed by atoms with Gasteiger partial charge >= 0.3 is 0 Å². The van der Waals surface area contributed by atoms with Gasteiger partial charge in [-0.25, -0.2) is 4.98 Å². The summed E-state index contributed by atoms with van der Waals surface area (Å²) in [6.07, 6.45) is 3.43. The molecule has 1 aromatic heterocycles. The van der Waals surface area contributed by atoms with Crippen LogP contribution in [0.1, 0.15) is 73.2 Å². The molecule has 3 aromatic rings. The van der Waals surface area contributed by atoms with Gasteiger partial charge in [-0.1, -0.05) is 12.1 Å². The quantitative estimate of drug-likeness (QED) is 0.166. The molecule has 42 heavy (non-hydrogen) atoms. The number of allylic oxidation sites excluding steroid dienone is 1. The SMILES string of the molecule is C=CCCC(C(=O)NC)N(C)C(=O)c1cc(N)ccc1C=O.CC(=O)NC(C)(C)c1nc2c(OC(C)C)cccc2s1. The Hall–Kier alpha value is -4.25. The van der Waals surface area contributed by atoms with Gasteiger partial charge in [-0.3, -0.25) is 19.2 Å². The van der Waals surface area contributed by atoms with Crippen molar-refractivity contribution in [1.82, 2.24) is 20.5 Å². The van der Waals surface area contributed by atoms with E-state index in [1.165, 1.54) is 38.1 Å².